The molecule has 1 aromatic heterocycles. The average molecular weight is 325 g/mol. The second kappa shape index (κ2) is 6.45. The Bertz CT molecular complexity index is 944. The summed E-state index contributed by atoms with van der Waals surface area (Å²) in [6.07, 6.45) is -0.627. The van der Waals surface area contributed by atoms with Crippen LogP contribution < -0.4 is 10.9 Å². The van der Waals surface area contributed by atoms with Gasteiger partial charge in [-0.2, -0.15) is 0 Å². The van der Waals surface area contributed by atoms with Crippen LogP contribution in [0.15, 0.2) is 57.7 Å². The summed E-state index contributed by atoms with van der Waals surface area (Å²) in [7, 11) is 0. The maximum Gasteiger partial charge on any atom is 0.411 e. The predicted molar refractivity (Wildman–Crippen MR) is 89.1 cm³/mol. The topological polar surface area (TPSA) is 88.8 Å². The normalized spacial score (nSPS) is 10.5. The van der Waals surface area contributed by atoms with E-state index in [0.717, 1.165) is 16.5 Å². The Labute approximate surface area is 137 Å². The van der Waals surface area contributed by atoms with Gasteiger partial charge in [-0.1, -0.05) is 12.1 Å². The SMILES string of the molecule is Cc1cc(=O)oc2cc(NC(=O)OCc3ccc(O)cc3)ccc12. The van der Waals surface area contributed by atoms with Gasteiger partial charge in [0, 0.05) is 23.2 Å². The van der Waals surface area contributed by atoms with E-state index in [2.05, 4.69) is 5.32 Å². The number of aryl methyl sites for hydroxylation is 1. The molecule has 122 valence electrons. The van der Waals surface area contributed by atoms with Crippen molar-refractivity contribution in [3.63, 3.8) is 0 Å². The van der Waals surface area contributed by atoms with Gasteiger partial charge in [-0.3, -0.25) is 5.32 Å². The Morgan fingerprint density at radius 2 is 1.92 bits per heavy atom. The fourth-order valence-electron chi connectivity index (χ4n) is 2.30. The lowest BCUT2D eigenvalue weighted by atomic mass is 10.1. The molecule has 0 fully saturated rings. The molecule has 24 heavy (non-hydrogen) atoms. The van der Waals surface area contributed by atoms with Gasteiger partial charge in [-0.05, 0) is 42.3 Å². The summed E-state index contributed by atoms with van der Waals surface area (Å²) in [5.74, 6) is 0.149. The predicted octanol–water partition coefficient (Wildman–Crippen LogP) is 3.56. The van der Waals surface area contributed by atoms with E-state index in [1.807, 2.05) is 6.92 Å². The van der Waals surface area contributed by atoms with Crippen LogP contribution >= 0.6 is 0 Å². The Kier molecular flexibility index (Phi) is 4.20. The van der Waals surface area contributed by atoms with Gasteiger partial charge < -0.3 is 14.3 Å². The van der Waals surface area contributed by atoms with Gasteiger partial charge >= 0.3 is 11.7 Å². The Hall–Kier alpha value is -3.28. The van der Waals surface area contributed by atoms with Gasteiger partial charge in [0.25, 0.3) is 0 Å². The maximum absolute atomic E-state index is 11.8. The Morgan fingerprint density at radius 3 is 2.67 bits per heavy atom. The van der Waals surface area contributed by atoms with E-state index in [9.17, 15) is 14.7 Å². The molecule has 0 saturated heterocycles. The zero-order chi connectivity index (χ0) is 17.1. The molecule has 6 heteroatoms. The van der Waals surface area contributed by atoms with Gasteiger partial charge in [0.1, 0.15) is 17.9 Å². The van der Waals surface area contributed by atoms with Crippen molar-refractivity contribution >= 4 is 22.7 Å². The second-order valence-electron chi connectivity index (χ2n) is 5.33. The summed E-state index contributed by atoms with van der Waals surface area (Å²) < 4.78 is 10.2. The molecule has 0 spiro atoms. The van der Waals surface area contributed by atoms with E-state index in [4.69, 9.17) is 9.15 Å². The number of aromatic hydroxyl groups is 1. The summed E-state index contributed by atoms with van der Waals surface area (Å²) in [5, 5.41) is 12.6. The number of rotatable bonds is 3. The second-order valence-corrected chi connectivity index (χ2v) is 5.33. The quantitative estimate of drug-likeness (QED) is 0.719. The molecule has 3 aromatic rings. The Morgan fingerprint density at radius 1 is 1.17 bits per heavy atom. The number of amides is 1. The number of hydrogen-bond acceptors (Lipinski definition) is 5. The molecule has 2 aromatic carbocycles. The Balaban J connectivity index is 1.69. The number of anilines is 1. The van der Waals surface area contributed by atoms with E-state index in [0.29, 0.717) is 11.3 Å². The molecular formula is C18H15NO5. The number of ether oxygens (including phenoxy) is 1. The lowest BCUT2D eigenvalue weighted by Gasteiger charge is -2.08. The van der Waals surface area contributed by atoms with Crippen LogP contribution in [-0.4, -0.2) is 11.2 Å². The first-order chi connectivity index (χ1) is 11.5. The standard InChI is InChI=1S/C18H15NO5/c1-11-8-17(21)24-16-9-13(4-7-15(11)16)19-18(22)23-10-12-2-5-14(20)6-3-12/h2-9,20H,10H2,1H3,(H,19,22). The molecule has 0 saturated carbocycles. The van der Waals surface area contributed by atoms with E-state index >= 15 is 0 Å². The number of fused-ring (bicyclic) bond motifs is 1. The summed E-state index contributed by atoms with van der Waals surface area (Å²) in [6, 6.07) is 12.8. The zero-order valence-electron chi connectivity index (χ0n) is 12.9. The van der Waals surface area contributed by atoms with Crippen molar-refractivity contribution in [3.8, 4) is 5.75 Å². The third-order valence-electron chi connectivity index (χ3n) is 3.50. The van der Waals surface area contributed by atoms with Crippen LogP contribution in [0.5, 0.6) is 5.75 Å². The highest BCUT2D eigenvalue weighted by Gasteiger charge is 2.07. The minimum atomic E-state index is -0.627. The minimum Gasteiger partial charge on any atom is -0.508 e. The zero-order valence-corrected chi connectivity index (χ0v) is 12.9. The van der Waals surface area contributed by atoms with Crippen LogP contribution in [0.2, 0.25) is 0 Å². The molecule has 0 aliphatic rings. The highest BCUT2D eigenvalue weighted by molar-refractivity contribution is 5.89. The third-order valence-corrected chi connectivity index (χ3v) is 3.50. The van der Waals surface area contributed by atoms with E-state index in [-0.39, 0.29) is 12.4 Å². The highest BCUT2D eigenvalue weighted by Crippen LogP contribution is 2.21. The van der Waals surface area contributed by atoms with Gasteiger partial charge in [-0.15, -0.1) is 0 Å². The first kappa shape index (κ1) is 15.6. The number of carbonyl (C=O) groups excluding carboxylic acids is 1. The minimum absolute atomic E-state index is 0.0773. The summed E-state index contributed by atoms with van der Waals surface area (Å²) >= 11 is 0. The lowest BCUT2D eigenvalue weighted by molar-refractivity contribution is 0.155. The molecular weight excluding hydrogens is 310 g/mol. The third kappa shape index (κ3) is 3.55. The number of hydrogen-bond donors (Lipinski definition) is 2. The van der Waals surface area contributed by atoms with Crippen molar-refractivity contribution in [1.29, 1.82) is 0 Å². The highest BCUT2D eigenvalue weighted by atomic mass is 16.5. The summed E-state index contributed by atoms with van der Waals surface area (Å²) in [5.41, 5.74) is 1.99. The van der Waals surface area contributed by atoms with Crippen molar-refractivity contribution in [3.05, 3.63) is 70.1 Å². The number of carbonyl (C=O) groups is 1. The number of benzene rings is 2. The fraction of sp³-hybridized carbons (Fsp3) is 0.111. The smallest absolute Gasteiger partial charge is 0.411 e. The van der Waals surface area contributed by atoms with Crippen LogP contribution in [0.4, 0.5) is 10.5 Å². The van der Waals surface area contributed by atoms with Gasteiger partial charge in [0.2, 0.25) is 0 Å². The lowest BCUT2D eigenvalue weighted by Crippen LogP contribution is -2.13. The molecule has 0 bridgehead atoms. The van der Waals surface area contributed by atoms with Gasteiger partial charge in [0.05, 0.1) is 0 Å². The van der Waals surface area contributed by atoms with E-state index in [1.54, 1.807) is 30.3 Å². The molecule has 2 N–H and O–H groups in total. The van der Waals surface area contributed by atoms with Crippen LogP contribution in [-0.2, 0) is 11.3 Å². The van der Waals surface area contributed by atoms with Gasteiger partial charge in [0.15, 0.2) is 0 Å². The summed E-state index contributed by atoms with van der Waals surface area (Å²) in [6.45, 7) is 1.89. The van der Waals surface area contributed by atoms with Crippen molar-refractivity contribution in [2.24, 2.45) is 0 Å². The molecule has 3 rings (SSSR count). The van der Waals surface area contributed by atoms with E-state index in [1.165, 1.54) is 18.2 Å². The molecule has 1 heterocycles. The molecule has 0 aliphatic carbocycles. The van der Waals surface area contributed by atoms with E-state index < -0.39 is 11.7 Å². The average Bonchev–Trinajstić information content (AvgIpc) is 2.54. The molecule has 0 unspecified atom stereocenters. The molecule has 6 nitrogen and oxygen atoms in total. The van der Waals surface area contributed by atoms with Crippen molar-refractivity contribution < 1.29 is 19.1 Å². The largest absolute Gasteiger partial charge is 0.508 e. The van der Waals surface area contributed by atoms with Crippen molar-refractivity contribution in [2.75, 3.05) is 5.32 Å². The summed E-state index contributed by atoms with van der Waals surface area (Å²) in [4.78, 5) is 23.3. The number of phenols is 1. The van der Waals surface area contributed by atoms with Crippen LogP contribution in [0, 0.1) is 6.92 Å². The molecule has 1 amide bonds. The first-order valence-corrected chi connectivity index (χ1v) is 7.27. The van der Waals surface area contributed by atoms with Crippen LogP contribution in [0.1, 0.15) is 11.1 Å². The molecule has 0 radical (unpaired) electrons. The van der Waals surface area contributed by atoms with Gasteiger partial charge in [-0.25, -0.2) is 9.59 Å². The first-order valence-electron chi connectivity index (χ1n) is 7.27. The van der Waals surface area contributed by atoms with Crippen molar-refractivity contribution in [1.82, 2.24) is 0 Å². The number of nitrogens with one attached hydrogen (secondary N) is 1. The monoisotopic (exact) mass is 325 g/mol. The molecule has 0 atom stereocenters. The number of phenolic OH excluding ortho intramolecular Hbond substituents is 1. The van der Waals surface area contributed by atoms with Crippen LogP contribution in [0.25, 0.3) is 11.0 Å². The van der Waals surface area contributed by atoms with Crippen LogP contribution in [0.3, 0.4) is 0 Å². The van der Waals surface area contributed by atoms with Crippen molar-refractivity contribution in [2.45, 2.75) is 13.5 Å². The molecule has 0 aliphatic heterocycles. The fourth-order valence-corrected chi connectivity index (χ4v) is 2.30. The maximum atomic E-state index is 11.8.